The minimum Gasteiger partial charge on any atom is -0.494 e. The van der Waals surface area contributed by atoms with E-state index in [9.17, 15) is 9.18 Å². The molecule has 1 aliphatic rings. The number of rotatable bonds is 7. The van der Waals surface area contributed by atoms with E-state index in [2.05, 4.69) is 22.4 Å². The molecule has 2 heterocycles. The van der Waals surface area contributed by atoms with E-state index in [1.165, 1.54) is 12.1 Å². The number of carbonyl (C=O) groups is 1. The molecule has 4 aromatic rings. The van der Waals surface area contributed by atoms with Crippen LogP contribution in [0.15, 0.2) is 83.0 Å². The van der Waals surface area contributed by atoms with Crippen molar-refractivity contribution in [1.82, 2.24) is 15.5 Å². The maximum atomic E-state index is 13.7. The van der Waals surface area contributed by atoms with Gasteiger partial charge in [0.05, 0.1) is 23.9 Å². The molecule has 0 saturated heterocycles. The SMILES string of the molecule is CCOc1ccc(-c2noc(C3=C(C)N(c4cccc(CC)c4)C(=O)NC3c3ccc(F)cc3)n2)cc1. The number of hydrogen-bond acceptors (Lipinski definition) is 5. The number of nitrogens with one attached hydrogen (secondary N) is 1. The van der Waals surface area contributed by atoms with Gasteiger partial charge in [-0.15, -0.1) is 0 Å². The number of anilines is 1. The smallest absolute Gasteiger partial charge is 0.326 e. The zero-order valence-corrected chi connectivity index (χ0v) is 20.9. The highest BCUT2D eigenvalue weighted by Crippen LogP contribution is 2.39. The zero-order chi connectivity index (χ0) is 25.9. The number of halogens is 1. The second-order valence-electron chi connectivity index (χ2n) is 8.67. The van der Waals surface area contributed by atoms with Gasteiger partial charge in [-0.25, -0.2) is 9.18 Å². The molecule has 0 fully saturated rings. The lowest BCUT2D eigenvalue weighted by molar-refractivity contribution is 0.244. The zero-order valence-electron chi connectivity index (χ0n) is 20.9. The van der Waals surface area contributed by atoms with E-state index >= 15 is 0 Å². The van der Waals surface area contributed by atoms with Crippen LogP contribution in [0, 0.1) is 5.82 Å². The molecule has 7 nitrogen and oxygen atoms in total. The number of urea groups is 1. The van der Waals surface area contributed by atoms with Crippen molar-refractivity contribution in [2.45, 2.75) is 33.2 Å². The molecular weight excluding hydrogens is 471 g/mol. The van der Waals surface area contributed by atoms with Gasteiger partial charge in [-0.3, -0.25) is 4.90 Å². The predicted molar refractivity (Wildman–Crippen MR) is 139 cm³/mol. The van der Waals surface area contributed by atoms with Crippen molar-refractivity contribution in [3.63, 3.8) is 0 Å². The van der Waals surface area contributed by atoms with Crippen molar-refractivity contribution < 1.29 is 18.4 Å². The summed E-state index contributed by atoms with van der Waals surface area (Å²) in [5, 5.41) is 7.26. The average Bonchev–Trinajstić information content (AvgIpc) is 3.39. The van der Waals surface area contributed by atoms with Crippen molar-refractivity contribution in [2.24, 2.45) is 0 Å². The minimum atomic E-state index is -0.604. The minimum absolute atomic E-state index is 0.271. The van der Waals surface area contributed by atoms with Crippen LogP contribution in [0.5, 0.6) is 5.75 Å². The Kier molecular flexibility index (Phi) is 6.72. The molecule has 37 heavy (non-hydrogen) atoms. The molecule has 2 amide bonds. The van der Waals surface area contributed by atoms with Gasteiger partial charge in [0.15, 0.2) is 0 Å². The van der Waals surface area contributed by atoms with Crippen LogP contribution in [0.25, 0.3) is 17.0 Å². The monoisotopic (exact) mass is 498 g/mol. The molecule has 3 aromatic carbocycles. The average molecular weight is 499 g/mol. The maximum Gasteiger partial charge on any atom is 0.326 e. The first-order valence-electron chi connectivity index (χ1n) is 12.2. The first-order valence-corrected chi connectivity index (χ1v) is 12.2. The van der Waals surface area contributed by atoms with Crippen molar-refractivity contribution in [3.8, 4) is 17.1 Å². The normalized spacial score (nSPS) is 15.6. The Labute approximate surface area is 214 Å². The summed E-state index contributed by atoms with van der Waals surface area (Å²) in [6.07, 6.45) is 0.840. The van der Waals surface area contributed by atoms with Crippen molar-refractivity contribution in [3.05, 3.63) is 101 Å². The molecule has 1 unspecified atom stereocenters. The fourth-order valence-corrected chi connectivity index (χ4v) is 4.47. The molecule has 0 saturated carbocycles. The second-order valence-corrected chi connectivity index (χ2v) is 8.67. The number of carbonyl (C=O) groups excluding carboxylic acids is 1. The lowest BCUT2D eigenvalue weighted by Crippen LogP contribution is -2.46. The van der Waals surface area contributed by atoms with E-state index in [0.29, 0.717) is 29.3 Å². The Morgan fingerprint density at radius 1 is 1.05 bits per heavy atom. The largest absolute Gasteiger partial charge is 0.494 e. The van der Waals surface area contributed by atoms with Gasteiger partial charge >= 0.3 is 6.03 Å². The van der Waals surface area contributed by atoms with E-state index in [1.54, 1.807) is 17.0 Å². The van der Waals surface area contributed by atoms with Crippen molar-refractivity contribution in [2.75, 3.05) is 11.5 Å². The summed E-state index contributed by atoms with van der Waals surface area (Å²) in [5.74, 6) is 1.08. The van der Waals surface area contributed by atoms with Gasteiger partial charge in [0.1, 0.15) is 11.6 Å². The van der Waals surface area contributed by atoms with Crippen LogP contribution in [-0.4, -0.2) is 22.8 Å². The number of amides is 2. The molecule has 188 valence electrons. The third-order valence-corrected chi connectivity index (χ3v) is 6.35. The molecule has 0 bridgehead atoms. The van der Waals surface area contributed by atoms with Crippen LogP contribution in [0.1, 0.15) is 43.8 Å². The predicted octanol–water partition coefficient (Wildman–Crippen LogP) is 6.54. The highest BCUT2D eigenvalue weighted by Gasteiger charge is 2.36. The lowest BCUT2D eigenvalue weighted by atomic mass is 9.94. The number of hydrogen-bond donors (Lipinski definition) is 1. The van der Waals surface area contributed by atoms with E-state index in [0.717, 1.165) is 29.0 Å². The Hall–Kier alpha value is -4.46. The van der Waals surface area contributed by atoms with Crippen molar-refractivity contribution >= 4 is 17.3 Å². The number of aromatic nitrogens is 2. The summed E-state index contributed by atoms with van der Waals surface area (Å²) in [6, 6.07) is 20.4. The van der Waals surface area contributed by atoms with E-state index in [1.807, 2.05) is 62.4 Å². The fourth-order valence-electron chi connectivity index (χ4n) is 4.47. The van der Waals surface area contributed by atoms with Crippen molar-refractivity contribution in [1.29, 1.82) is 0 Å². The molecule has 1 aliphatic heterocycles. The highest BCUT2D eigenvalue weighted by molar-refractivity contribution is 6.01. The Balaban J connectivity index is 1.60. The van der Waals surface area contributed by atoms with Crippen LogP contribution in [0.3, 0.4) is 0 Å². The van der Waals surface area contributed by atoms with Gasteiger partial charge in [-0.2, -0.15) is 4.98 Å². The number of allylic oxidation sites excluding steroid dienone is 1. The number of ether oxygens (including phenoxy) is 1. The summed E-state index contributed by atoms with van der Waals surface area (Å²) < 4.78 is 25.0. The standard InChI is InChI=1S/C29H27FN4O3/c1-4-19-7-6-8-23(17-19)34-18(3)25(26(31-29(34)35)20-9-13-22(30)14-10-20)28-32-27(33-37-28)21-11-15-24(16-12-21)36-5-2/h6-17,26H,4-5H2,1-3H3,(H,31,35). The van der Waals surface area contributed by atoms with Crippen LogP contribution >= 0.6 is 0 Å². The van der Waals surface area contributed by atoms with E-state index in [-0.39, 0.29) is 17.7 Å². The third kappa shape index (κ3) is 4.82. The Morgan fingerprint density at radius 2 is 1.81 bits per heavy atom. The fraction of sp³-hybridized carbons (Fsp3) is 0.207. The summed E-state index contributed by atoms with van der Waals surface area (Å²) >= 11 is 0. The number of benzene rings is 3. The summed E-state index contributed by atoms with van der Waals surface area (Å²) in [5.41, 5.74) is 4.59. The summed E-state index contributed by atoms with van der Waals surface area (Å²) in [6.45, 7) is 6.42. The first kappa shape index (κ1) is 24.2. The summed E-state index contributed by atoms with van der Waals surface area (Å²) in [4.78, 5) is 19.7. The molecule has 1 atom stereocenters. The first-order chi connectivity index (χ1) is 18.0. The molecule has 0 radical (unpaired) electrons. The topological polar surface area (TPSA) is 80.5 Å². The third-order valence-electron chi connectivity index (χ3n) is 6.35. The van der Waals surface area contributed by atoms with Crippen LogP contribution in [0.2, 0.25) is 0 Å². The van der Waals surface area contributed by atoms with Gasteiger partial charge in [-0.05, 0) is 79.9 Å². The summed E-state index contributed by atoms with van der Waals surface area (Å²) in [7, 11) is 0. The van der Waals surface area contributed by atoms with E-state index in [4.69, 9.17) is 9.26 Å². The Morgan fingerprint density at radius 3 is 2.51 bits per heavy atom. The van der Waals surface area contributed by atoms with Gasteiger partial charge in [0, 0.05) is 11.3 Å². The quantitative estimate of drug-likeness (QED) is 0.313. The van der Waals surface area contributed by atoms with Crippen LogP contribution < -0.4 is 15.0 Å². The van der Waals surface area contributed by atoms with Gasteiger partial charge in [0.2, 0.25) is 5.82 Å². The number of nitrogens with zero attached hydrogens (tertiary/aromatic N) is 3. The lowest BCUT2D eigenvalue weighted by Gasteiger charge is -2.35. The van der Waals surface area contributed by atoms with Crippen LogP contribution in [-0.2, 0) is 6.42 Å². The van der Waals surface area contributed by atoms with Gasteiger partial charge < -0.3 is 14.6 Å². The molecular formula is C29H27FN4O3. The van der Waals surface area contributed by atoms with Gasteiger partial charge in [0.25, 0.3) is 5.89 Å². The van der Waals surface area contributed by atoms with E-state index < -0.39 is 6.04 Å². The second kappa shape index (κ2) is 10.3. The van der Waals surface area contributed by atoms with Crippen LogP contribution in [0.4, 0.5) is 14.9 Å². The molecule has 5 rings (SSSR count). The molecule has 1 N–H and O–H groups in total. The maximum absolute atomic E-state index is 13.7. The molecule has 1 aromatic heterocycles. The molecule has 0 aliphatic carbocycles. The number of aryl methyl sites for hydroxylation is 1. The van der Waals surface area contributed by atoms with Gasteiger partial charge in [-0.1, -0.05) is 36.3 Å². The molecule has 8 heteroatoms. The highest BCUT2D eigenvalue weighted by atomic mass is 19.1. The molecule has 0 spiro atoms. The Bertz CT molecular complexity index is 1440.